The Hall–Kier alpha value is -0.820. The minimum Gasteiger partial charge on any atom is -0.314 e. The third-order valence-corrected chi connectivity index (χ3v) is 4.90. The van der Waals surface area contributed by atoms with Crippen LogP contribution in [-0.2, 0) is 6.42 Å². The van der Waals surface area contributed by atoms with Crippen molar-refractivity contribution in [3.8, 4) is 0 Å². The molecule has 0 saturated heterocycles. The van der Waals surface area contributed by atoms with Gasteiger partial charge in [0.2, 0.25) is 0 Å². The van der Waals surface area contributed by atoms with Crippen molar-refractivity contribution in [1.82, 2.24) is 5.32 Å². The molecule has 0 spiro atoms. The van der Waals surface area contributed by atoms with E-state index in [1.54, 1.807) is 0 Å². The standard InChI is InChI=1S/C18H27N/c1-3-7-15(8-4-1)13-16-9-5-2-6-10-17(16)14-19-18-11-12-18/h1,3-4,7-8,16-19H,2,5-6,9-14H2. The summed E-state index contributed by atoms with van der Waals surface area (Å²) in [6, 6.07) is 12.0. The van der Waals surface area contributed by atoms with Crippen LogP contribution in [0.3, 0.4) is 0 Å². The van der Waals surface area contributed by atoms with E-state index in [2.05, 4.69) is 35.6 Å². The second-order valence-corrected chi connectivity index (χ2v) is 6.53. The van der Waals surface area contributed by atoms with Gasteiger partial charge in [0.1, 0.15) is 0 Å². The Kier molecular flexibility index (Phi) is 4.55. The summed E-state index contributed by atoms with van der Waals surface area (Å²) in [7, 11) is 0. The second kappa shape index (κ2) is 6.56. The topological polar surface area (TPSA) is 12.0 Å². The van der Waals surface area contributed by atoms with Crippen molar-refractivity contribution in [2.24, 2.45) is 11.8 Å². The molecule has 1 aromatic carbocycles. The van der Waals surface area contributed by atoms with Crippen LogP contribution in [-0.4, -0.2) is 12.6 Å². The van der Waals surface area contributed by atoms with Gasteiger partial charge < -0.3 is 5.32 Å². The van der Waals surface area contributed by atoms with E-state index in [-0.39, 0.29) is 0 Å². The Morgan fingerprint density at radius 2 is 1.58 bits per heavy atom. The highest BCUT2D eigenvalue weighted by molar-refractivity contribution is 5.15. The first-order chi connectivity index (χ1) is 9.42. The molecule has 0 aliphatic heterocycles. The van der Waals surface area contributed by atoms with Gasteiger partial charge in [-0.05, 0) is 56.0 Å². The van der Waals surface area contributed by atoms with Gasteiger partial charge in [-0.1, -0.05) is 49.6 Å². The predicted molar refractivity (Wildman–Crippen MR) is 81.2 cm³/mol. The molecule has 0 heterocycles. The summed E-state index contributed by atoms with van der Waals surface area (Å²) in [6.45, 7) is 1.27. The van der Waals surface area contributed by atoms with Crippen LogP contribution in [0, 0.1) is 11.8 Å². The highest BCUT2D eigenvalue weighted by atomic mass is 14.9. The molecule has 19 heavy (non-hydrogen) atoms. The molecule has 2 fully saturated rings. The predicted octanol–water partition coefficient (Wildman–Crippen LogP) is 4.18. The molecular weight excluding hydrogens is 230 g/mol. The zero-order valence-corrected chi connectivity index (χ0v) is 12.0. The van der Waals surface area contributed by atoms with Gasteiger partial charge in [0.15, 0.2) is 0 Å². The molecule has 0 bridgehead atoms. The van der Waals surface area contributed by atoms with Crippen LogP contribution in [0.2, 0.25) is 0 Å². The van der Waals surface area contributed by atoms with Crippen LogP contribution >= 0.6 is 0 Å². The SMILES string of the molecule is c1ccc(CC2CCCCCC2CNC2CC2)cc1. The number of hydrogen-bond acceptors (Lipinski definition) is 1. The van der Waals surface area contributed by atoms with Crippen molar-refractivity contribution in [3.63, 3.8) is 0 Å². The van der Waals surface area contributed by atoms with Gasteiger partial charge in [-0.3, -0.25) is 0 Å². The van der Waals surface area contributed by atoms with Gasteiger partial charge in [0.05, 0.1) is 0 Å². The third kappa shape index (κ3) is 4.07. The lowest BCUT2D eigenvalue weighted by atomic mass is 9.83. The number of nitrogens with one attached hydrogen (secondary N) is 1. The van der Waals surface area contributed by atoms with E-state index in [1.165, 1.54) is 63.5 Å². The van der Waals surface area contributed by atoms with Crippen LogP contribution in [0.25, 0.3) is 0 Å². The van der Waals surface area contributed by atoms with Crippen molar-refractivity contribution in [1.29, 1.82) is 0 Å². The minimum atomic E-state index is 0.862. The average Bonchev–Trinajstić information content (AvgIpc) is 3.26. The molecule has 3 rings (SSSR count). The Morgan fingerprint density at radius 1 is 0.842 bits per heavy atom. The van der Waals surface area contributed by atoms with Gasteiger partial charge in [0, 0.05) is 6.04 Å². The zero-order chi connectivity index (χ0) is 12.9. The summed E-state index contributed by atoms with van der Waals surface area (Å²) in [5.74, 6) is 1.81. The first-order valence-electron chi connectivity index (χ1n) is 8.19. The Morgan fingerprint density at radius 3 is 2.32 bits per heavy atom. The first kappa shape index (κ1) is 13.2. The molecule has 1 heteroatoms. The fourth-order valence-electron chi connectivity index (χ4n) is 3.52. The maximum Gasteiger partial charge on any atom is 0.00683 e. The summed E-state index contributed by atoms with van der Waals surface area (Å²) in [5, 5.41) is 3.77. The monoisotopic (exact) mass is 257 g/mol. The molecule has 1 aromatic rings. The Bertz CT molecular complexity index is 369. The van der Waals surface area contributed by atoms with E-state index < -0.39 is 0 Å². The summed E-state index contributed by atoms with van der Waals surface area (Å²) in [6.07, 6.45) is 11.3. The third-order valence-electron chi connectivity index (χ3n) is 4.90. The summed E-state index contributed by atoms with van der Waals surface area (Å²) >= 11 is 0. The molecule has 2 atom stereocenters. The normalized spacial score (nSPS) is 28.0. The van der Waals surface area contributed by atoms with Gasteiger partial charge >= 0.3 is 0 Å². The van der Waals surface area contributed by atoms with Crippen molar-refractivity contribution < 1.29 is 0 Å². The lowest BCUT2D eigenvalue weighted by Crippen LogP contribution is -2.30. The highest BCUT2D eigenvalue weighted by Crippen LogP contribution is 2.32. The maximum absolute atomic E-state index is 3.77. The molecule has 2 aliphatic carbocycles. The smallest absolute Gasteiger partial charge is 0.00683 e. The van der Waals surface area contributed by atoms with Crippen LogP contribution < -0.4 is 5.32 Å². The first-order valence-corrected chi connectivity index (χ1v) is 8.19. The molecule has 2 saturated carbocycles. The van der Waals surface area contributed by atoms with Gasteiger partial charge in [-0.15, -0.1) is 0 Å². The molecule has 1 N–H and O–H groups in total. The zero-order valence-electron chi connectivity index (χ0n) is 12.0. The number of benzene rings is 1. The molecule has 1 nitrogen and oxygen atoms in total. The number of rotatable bonds is 5. The van der Waals surface area contributed by atoms with Crippen LogP contribution in [0.1, 0.15) is 50.5 Å². The van der Waals surface area contributed by atoms with Crippen molar-refractivity contribution >= 4 is 0 Å². The molecule has 104 valence electrons. The lowest BCUT2D eigenvalue weighted by molar-refractivity contribution is 0.297. The van der Waals surface area contributed by atoms with E-state index in [0.29, 0.717) is 0 Å². The Balaban J connectivity index is 1.60. The van der Waals surface area contributed by atoms with E-state index in [4.69, 9.17) is 0 Å². The van der Waals surface area contributed by atoms with Crippen molar-refractivity contribution in [2.45, 2.75) is 57.4 Å². The average molecular weight is 257 g/mol. The maximum atomic E-state index is 3.77. The van der Waals surface area contributed by atoms with E-state index in [9.17, 15) is 0 Å². The molecule has 0 aromatic heterocycles. The van der Waals surface area contributed by atoms with Gasteiger partial charge in [0.25, 0.3) is 0 Å². The fourth-order valence-corrected chi connectivity index (χ4v) is 3.52. The highest BCUT2D eigenvalue weighted by Gasteiger charge is 2.27. The molecule has 0 amide bonds. The van der Waals surface area contributed by atoms with Crippen LogP contribution in [0.5, 0.6) is 0 Å². The second-order valence-electron chi connectivity index (χ2n) is 6.53. The van der Waals surface area contributed by atoms with Crippen LogP contribution in [0.15, 0.2) is 30.3 Å². The van der Waals surface area contributed by atoms with Crippen molar-refractivity contribution in [2.75, 3.05) is 6.54 Å². The van der Waals surface area contributed by atoms with Crippen molar-refractivity contribution in [3.05, 3.63) is 35.9 Å². The lowest BCUT2D eigenvalue weighted by Gasteiger charge is -2.25. The molecule has 2 unspecified atom stereocenters. The Labute approximate surface area is 117 Å². The quantitative estimate of drug-likeness (QED) is 0.780. The molecule has 0 radical (unpaired) electrons. The van der Waals surface area contributed by atoms with Gasteiger partial charge in [-0.25, -0.2) is 0 Å². The fraction of sp³-hybridized carbons (Fsp3) is 0.667. The van der Waals surface area contributed by atoms with E-state index in [1.807, 2.05) is 0 Å². The molecule has 2 aliphatic rings. The number of hydrogen-bond donors (Lipinski definition) is 1. The summed E-state index contributed by atoms with van der Waals surface area (Å²) < 4.78 is 0. The molecular formula is C18H27N. The van der Waals surface area contributed by atoms with Gasteiger partial charge in [-0.2, -0.15) is 0 Å². The van der Waals surface area contributed by atoms with E-state index >= 15 is 0 Å². The summed E-state index contributed by atoms with van der Waals surface area (Å²) in [5.41, 5.74) is 1.53. The summed E-state index contributed by atoms with van der Waals surface area (Å²) in [4.78, 5) is 0. The largest absolute Gasteiger partial charge is 0.314 e. The minimum absolute atomic E-state index is 0.862. The van der Waals surface area contributed by atoms with Crippen LogP contribution in [0.4, 0.5) is 0 Å². The van der Waals surface area contributed by atoms with E-state index in [0.717, 1.165) is 17.9 Å².